The van der Waals surface area contributed by atoms with E-state index >= 15 is 0 Å². The third-order valence-corrected chi connectivity index (χ3v) is 6.07. The Morgan fingerprint density at radius 3 is 2.36 bits per heavy atom. The summed E-state index contributed by atoms with van der Waals surface area (Å²) < 4.78 is 38.8. The zero-order valence-electron chi connectivity index (χ0n) is 19.9. The van der Waals surface area contributed by atoms with Crippen molar-refractivity contribution in [2.45, 2.75) is 51.7 Å². The Kier molecular flexibility index (Phi) is 9.45. The number of ether oxygens (including phenoxy) is 2. The van der Waals surface area contributed by atoms with Gasteiger partial charge in [-0.15, -0.1) is 0 Å². The number of sulfonamides is 1. The van der Waals surface area contributed by atoms with Crippen LogP contribution in [0.1, 0.15) is 44.4 Å². The first-order valence-corrected chi connectivity index (χ1v) is 13.3. The first-order chi connectivity index (χ1) is 15.4. The molecule has 2 rings (SSSR count). The van der Waals surface area contributed by atoms with E-state index in [1.54, 1.807) is 31.4 Å². The quantitative estimate of drug-likeness (QED) is 0.334. The number of methoxy groups -OCH3 is 1. The largest absolute Gasteiger partial charge is 0.465 e. The van der Waals surface area contributed by atoms with Crippen molar-refractivity contribution in [3.8, 4) is 5.75 Å². The van der Waals surface area contributed by atoms with Crippen molar-refractivity contribution in [1.82, 2.24) is 10.0 Å². The molecule has 0 aliphatic heterocycles. The molecule has 0 aliphatic carbocycles. The molecule has 10 heteroatoms. The summed E-state index contributed by atoms with van der Waals surface area (Å²) in [6, 6.07) is 12.6. The molecule has 0 radical (unpaired) electrons. The van der Waals surface area contributed by atoms with E-state index in [0.717, 1.165) is 22.9 Å². The van der Waals surface area contributed by atoms with Crippen LogP contribution >= 0.6 is 11.9 Å². The zero-order chi connectivity index (χ0) is 24.6. The molecule has 33 heavy (non-hydrogen) atoms. The van der Waals surface area contributed by atoms with Gasteiger partial charge in [-0.3, -0.25) is 9.44 Å². The Labute approximate surface area is 201 Å². The highest BCUT2D eigenvalue weighted by Crippen LogP contribution is 2.29. The lowest BCUT2D eigenvalue weighted by Gasteiger charge is -2.23. The Bertz CT molecular complexity index is 1040. The minimum absolute atomic E-state index is 0.0343. The lowest BCUT2D eigenvalue weighted by Crippen LogP contribution is -2.31. The summed E-state index contributed by atoms with van der Waals surface area (Å²) in [6.45, 7) is 8.50. The number of urea groups is 1. The van der Waals surface area contributed by atoms with Crippen LogP contribution in [0.15, 0.2) is 42.5 Å². The Hall–Kier alpha value is -2.43. The number of rotatable bonds is 10. The van der Waals surface area contributed by atoms with Gasteiger partial charge in [0.2, 0.25) is 10.0 Å². The molecule has 8 nitrogen and oxygen atoms in total. The summed E-state index contributed by atoms with van der Waals surface area (Å²) in [4.78, 5) is 12.2. The fourth-order valence-electron chi connectivity index (χ4n) is 2.78. The van der Waals surface area contributed by atoms with Gasteiger partial charge in [0.1, 0.15) is 5.75 Å². The summed E-state index contributed by atoms with van der Waals surface area (Å²) >= 11 is 1.24. The van der Waals surface area contributed by atoms with Crippen LogP contribution in [0.4, 0.5) is 10.5 Å². The van der Waals surface area contributed by atoms with Gasteiger partial charge in [0.15, 0.2) is 6.29 Å². The van der Waals surface area contributed by atoms with E-state index in [1.165, 1.54) is 11.9 Å². The van der Waals surface area contributed by atoms with Crippen LogP contribution in [0.2, 0.25) is 0 Å². The smallest absolute Gasteiger partial charge is 0.325 e. The topological polar surface area (TPSA) is 106 Å². The molecule has 0 aromatic heterocycles. The molecule has 0 saturated carbocycles. The maximum absolute atomic E-state index is 12.2. The molecule has 0 bridgehead atoms. The van der Waals surface area contributed by atoms with Gasteiger partial charge in [-0.05, 0) is 53.6 Å². The number of hydrogen-bond acceptors (Lipinski definition) is 6. The van der Waals surface area contributed by atoms with E-state index in [2.05, 4.69) is 35.5 Å². The first-order valence-electron chi connectivity index (χ1n) is 10.4. The van der Waals surface area contributed by atoms with Crippen LogP contribution in [0.3, 0.4) is 0 Å². The fourth-order valence-corrected chi connectivity index (χ4v) is 3.98. The molecule has 0 spiro atoms. The van der Waals surface area contributed by atoms with Gasteiger partial charge in [-0.25, -0.2) is 13.2 Å². The number of amides is 2. The third-order valence-electron chi connectivity index (χ3n) is 4.66. The zero-order valence-corrected chi connectivity index (χ0v) is 21.5. The normalized spacial score (nSPS) is 12.7. The monoisotopic (exact) mass is 495 g/mol. The summed E-state index contributed by atoms with van der Waals surface area (Å²) in [6.07, 6.45) is 0.688. The highest BCUT2D eigenvalue weighted by Gasteiger charge is 2.17. The average molecular weight is 496 g/mol. The Morgan fingerprint density at radius 1 is 1.12 bits per heavy atom. The molecule has 0 heterocycles. The molecule has 0 fully saturated rings. The van der Waals surface area contributed by atoms with Crippen molar-refractivity contribution < 1.29 is 22.7 Å². The van der Waals surface area contributed by atoms with Gasteiger partial charge < -0.3 is 14.8 Å². The van der Waals surface area contributed by atoms with Gasteiger partial charge in [0.05, 0.1) is 6.26 Å². The van der Waals surface area contributed by atoms with E-state index in [4.69, 9.17) is 9.47 Å². The van der Waals surface area contributed by atoms with E-state index in [9.17, 15) is 13.2 Å². The van der Waals surface area contributed by atoms with E-state index in [1.807, 2.05) is 25.1 Å². The maximum Gasteiger partial charge on any atom is 0.325 e. The molecule has 1 unspecified atom stereocenters. The summed E-state index contributed by atoms with van der Waals surface area (Å²) in [5.41, 5.74) is 3.38. The van der Waals surface area contributed by atoms with Gasteiger partial charge in [0.25, 0.3) is 0 Å². The van der Waals surface area contributed by atoms with Crippen molar-refractivity contribution in [1.29, 1.82) is 0 Å². The standard InChI is InChI=1S/C23H33N3O5S2/c1-16(30-5)31-21-13-19(23(2,3)4)10-9-18(21)14-24-22(27)25-32-15-17-7-11-20(12-8-17)26-33(6,28)29/h7-13,16,26H,14-15H2,1-6H3,(H2,24,25,27). The minimum Gasteiger partial charge on any atom is -0.465 e. The lowest BCUT2D eigenvalue weighted by atomic mass is 9.86. The van der Waals surface area contributed by atoms with Gasteiger partial charge in [-0.1, -0.05) is 45.0 Å². The van der Waals surface area contributed by atoms with Gasteiger partial charge in [0, 0.05) is 30.7 Å². The predicted molar refractivity (Wildman–Crippen MR) is 134 cm³/mol. The maximum atomic E-state index is 12.2. The molecule has 0 aliphatic rings. The van der Waals surface area contributed by atoms with Crippen LogP contribution in [0.25, 0.3) is 0 Å². The number of carbonyl (C=O) groups is 1. The number of hydrogen-bond donors (Lipinski definition) is 3. The minimum atomic E-state index is -3.31. The second-order valence-electron chi connectivity index (χ2n) is 8.64. The van der Waals surface area contributed by atoms with Gasteiger partial charge in [-0.2, -0.15) is 0 Å². The Morgan fingerprint density at radius 2 is 1.79 bits per heavy atom. The van der Waals surface area contributed by atoms with Crippen LogP contribution in [0, 0.1) is 0 Å². The average Bonchev–Trinajstić information content (AvgIpc) is 2.72. The third kappa shape index (κ3) is 9.53. The van der Waals surface area contributed by atoms with Crippen molar-refractivity contribution >= 4 is 33.7 Å². The summed E-state index contributed by atoms with van der Waals surface area (Å²) in [7, 11) is -1.73. The van der Waals surface area contributed by atoms with Crippen molar-refractivity contribution in [2.75, 3.05) is 18.1 Å². The first kappa shape index (κ1) is 26.8. The van der Waals surface area contributed by atoms with Crippen molar-refractivity contribution in [2.24, 2.45) is 0 Å². The van der Waals surface area contributed by atoms with Crippen molar-refractivity contribution in [3.05, 3.63) is 59.2 Å². The number of benzene rings is 2. The number of carbonyl (C=O) groups excluding carboxylic acids is 1. The van der Waals surface area contributed by atoms with Crippen LogP contribution in [0.5, 0.6) is 5.75 Å². The molecular formula is C23H33N3O5S2. The molecule has 1 atom stereocenters. The van der Waals surface area contributed by atoms with E-state index in [-0.39, 0.29) is 11.4 Å². The molecular weight excluding hydrogens is 462 g/mol. The summed E-state index contributed by atoms with van der Waals surface area (Å²) in [5, 5.41) is 2.84. The van der Waals surface area contributed by atoms with Crippen molar-refractivity contribution in [3.63, 3.8) is 0 Å². The molecule has 0 saturated heterocycles. The fraction of sp³-hybridized carbons (Fsp3) is 0.435. The van der Waals surface area contributed by atoms with Gasteiger partial charge >= 0.3 is 6.03 Å². The molecule has 2 amide bonds. The van der Waals surface area contributed by atoms with E-state index in [0.29, 0.717) is 23.7 Å². The SMILES string of the molecule is COC(C)Oc1cc(C(C)(C)C)ccc1CNC(=O)NSCc1ccc(NS(C)(=O)=O)cc1. The molecule has 3 N–H and O–H groups in total. The lowest BCUT2D eigenvalue weighted by molar-refractivity contribution is -0.0389. The predicted octanol–water partition coefficient (Wildman–Crippen LogP) is 4.37. The number of anilines is 1. The van der Waals surface area contributed by atoms with Crippen LogP contribution < -0.4 is 19.5 Å². The molecule has 182 valence electrons. The van der Waals surface area contributed by atoms with E-state index < -0.39 is 16.3 Å². The molecule has 2 aromatic carbocycles. The Balaban J connectivity index is 1.89. The second-order valence-corrected chi connectivity index (χ2v) is 11.2. The summed E-state index contributed by atoms with van der Waals surface area (Å²) in [5.74, 6) is 1.21. The highest BCUT2D eigenvalue weighted by molar-refractivity contribution is 7.97. The molecule has 2 aromatic rings. The van der Waals surface area contributed by atoms with Crippen LogP contribution in [-0.4, -0.2) is 34.1 Å². The highest BCUT2D eigenvalue weighted by atomic mass is 32.2. The second kappa shape index (κ2) is 11.6. The number of nitrogens with one attached hydrogen (secondary N) is 3. The van der Waals surface area contributed by atoms with Crippen LogP contribution in [-0.2, 0) is 32.5 Å².